The van der Waals surface area contributed by atoms with E-state index in [1.54, 1.807) is 59.5 Å². The molecule has 3 heterocycles. The molecule has 14 heteroatoms. The molecule has 1 amide bonds. The van der Waals surface area contributed by atoms with E-state index in [0.717, 1.165) is 36.2 Å². The number of fused-ring (bicyclic) bond motifs is 5. The summed E-state index contributed by atoms with van der Waals surface area (Å²) < 4.78 is 4.37. The summed E-state index contributed by atoms with van der Waals surface area (Å²) in [7, 11) is 0. The first-order chi connectivity index (χ1) is 25.8. The van der Waals surface area contributed by atoms with Crippen LogP contribution in [-0.2, 0) is 14.3 Å². The summed E-state index contributed by atoms with van der Waals surface area (Å²) in [6.07, 6.45) is -0.0302. The lowest BCUT2D eigenvalue weighted by Crippen LogP contribution is -2.58. The third-order valence-corrected chi connectivity index (χ3v) is 14.9. The summed E-state index contributed by atoms with van der Waals surface area (Å²) >= 11 is 11.4. The van der Waals surface area contributed by atoms with Crippen molar-refractivity contribution in [2.75, 3.05) is 19.6 Å². The maximum absolute atomic E-state index is 13.0. The molecule has 2 aliphatic heterocycles. The predicted octanol–water partition coefficient (Wildman–Crippen LogP) is 6.61. The Morgan fingerprint density at radius 3 is 2.45 bits per heavy atom. The van der Waals surface area contributed by atoms with Crippen LogP contribution in [0.2, 0.25) is 5.02 Å². The van der Waals surface area contributed by atoms with E-state index in [4.69, 9.17) is 16.3 Å². The summed E-state index contributed by atoms with van der Waals surface area (Å²) in [5.41, 5.74) is -0.128. The number of carbonyl (C=O) groups is 2. The van der Waals surface area contributed by atoms with Gasteiger partial charge in [0.1, 0.15) is 11.7 Å². The normalized spacial score (nSPS) is 32.3. The Bertz CT molecular complexity index is 1870. The van der Waals surface area contributed by atoms with Crippen molar-refractivity contribution in [2.45, 2.75) is 104 Å². The van der Waals surface area contributed by atoms with Gasteiger partial charge in [0.25, 0.3) is 0 Å². The molecule has 2 aromatic carbocycles. The first-order valence-corrected chi connectivity index (χ1v) is 21.8. The van der Waals surface area contributed by atoms with E-state index in [1.807, 2.05) is 48.2 Å². The maximum Gasteiger partial charge on any atom is 0.312 e. The third-order valence-electron chi connectivity index (χ3n) is 10.8. The summed E-state index contributed by atoms with van der Waals surface area (Å²) in [5, 5.41) is 60.0. The average molecular weight is 927 g/mol. The van der Waals surface area contributed by atoms with Crippen molar-refractivity contribution in [3.63, 3.8) is 0 Å². The van der Waals surface area contributed by atoms with Crippen molar-refractivity contribution in [1.29, 1.82) is 0 Å². The van der Waals surface area contributed by atoms with Crippen LogP contribution >= 0.6 is 57.3 Å². The molecule has 1 aromatic heterocycles. The number of aliphatic hydroxyl groups excluding tert-OH is 3. The zero-order valence-corrected chi connectivity index (χ0v) is 36.5. The zero-order valence-electron chi connectivity index (χ0n) is 31.9. The Hall–Kier alpha value is -2.05. The Labute approximate surface area is 350 Å². The number of carbonyl (C=O) groups excluding carboxylic acids is 2. The number of halogens is 2. The molecule has 0 spiro atoms. The van der Waals surface area contributed by atoms with Crippen molar-refractivity contribution in [1.82, 2.24) is 10.2 Å². The fraction of sp³-hybridized carbons (Fsp3) is 0.512. The van der Waals surface area contributed by atoms with Crippen molar-refractivity contribution >= 4 is 75.2 Å². The van der Waals surface area contributed by atoms with Gasteiger partial charge in [-0.25, -0.2) is 0 Å². The molecule has 10 nitrogen and oxygen atoms in total. The van der Waals surface area contributed by atoms with Gasteiger partial charge in [0.05, 0.1) is 23.7 Å². The minimum Gasteiger partial charge on any atom is -0.448 e. The molecule has 0 bridgehead atoms. The minimum atomic E-state index is -1.87. The monoisotopic (exact) mass is 926 g/mol. The molecule has 2 aliphatic rings. The van der Waals surface area contributed by atoms with Gasteiger partial charge in [0.15, 0.2) is 4.11 Å². The number of hydrogen-bond donors (Lipinski definition) is 6. The molecule has 5 rings (SSSR count). The van der Waals surface area contributed by atoms with Crippen molar-refractivity contribution < 1.29 is 39.9 Å². The van der Waals surface area contributed by atoms with E-state index in [1.165, 1.54) is 26.8 Å². The van der Waals surface area contributed by atoms with Gasteiger partial charge in [-0.3, -0.25) is 14.5 Å². The number of cyclic esters (lactones) is 1. The molecular formula is C41H52ClIN2O8S2. The minimum absolute atomic E-state index is 0.159. The molecule has 1 saturated heterocycles. The lowest BCUT2D eigenvalue weighted by Gasteiger charge is -2.42. The second-order valence-corrected chi connectivity index (χ2v) is 19.3. The van der Waals surface area contributed by atoms with Gasteiger partial charge in [0, 0.05) is 73.4 Å². The largest absolute Gasteiger partial charge is 0.448 e. The van der Waals surface area contributed by atoms with Crippen LogP contribution in [0.25, 0.3) is 27.6 Å². The molecule has 0 radical (unpaired) electrons. The predicted molar refractivity (Wildman–Crippen MR) is 227 cm³/mol. The maximum atomic E-state index is 13.0. The van der Waals surface area contributed by atoms with Gasteiger partial charge in [-0.2, -0.15) is 0 Å². The second-order valence-electron chi connectivity index (χ2n) is 15.5. The number of hydrogen-bond acceptors (Lipinski definition) is 11. The van der Waals surface area contributed by atoms with Crippen LogP contribution in [0.15, 0.2) is 64.4 Å². The molecule has 1 fully saturated rings. The van der Waals surface area contributed by atoms with Crippen molar-refractivity contribution in [3.8, 4) is 21.6 Å². The highest BCUT2D eigenvalue weighted by Crippen LogP contribution is 2.51. The fourth-order valence-electron chi connectivity index (χ4n) is 7.52. The molecule has 10 atom stereocenters. The van der Waals surface area contributed by atoms with Gasteiger partial charge in [-0.15, -0.1) is 11.3 Å². The van der Waals surface area contributed by atoms with Crippen LogP contribution < -0.4 is 5.32 Å². The Morgan fingerprint density at radius 1 is 1.02 bits per heavy atom. The fourth-order valence-corrected chi connectivity index (χ4v) is 10.7. The quantitative estimate of drug-likeness (QED) is 0.0409. The number of ether oxygens (including phenoxy) is 1. The van der Waals surface area contributed by atoms with Crippen LogP contribution in [0.4, 0.5) is 0 Å². The van der Waals surface area contributed by atoms with Crippen LogP contribution in [0.5, 0.6) is 0 Å². The van der Waals surface area contributed by atoms with E-state index in [0.29, 0.717) is 31.1 Å². The highest BCUT2D eigenvalue weighted by molar-refractivity contribution is 14.1. The second kappa shape index (κ2) is 18.3. The number of esters is 1. The Balaban J connectivity index is 1.27. The number of nitrogens with one attached hydrogen (secondary N) is 1. The number of amides is 1. The highest BCUT2D eigenvalue weighted by Gasteiger charge is 2.47. The molecule has 6 N–H and O–H groups in total. The summed E-state index contributed by atoms with van der Waals surface area (Å²) in [6, 6.07) is 15.7. The summed E-state index contributed by atoms with van der Waals surface area (Å²) in [4.78, 5) is 32.3. The molecule has 0 saturated carbocycles. The van der Waals surface area contributed by atoms with Crippen LogP contribution in [-0.4, -0.2) is 102 Å². The number of thiophene rings is 1. The molecule has 0 unspecified atom stereocenters. The molecule has 3 aromatic rings. The van der Waals surface area contributed by atoms with Crippen molar-refractivity contribution in [3.05, 3.63) is 64.5 Å². The molecule has 300 valence electrons. The SMILES string of the molecule is C[C@H]1CN(CCCNC(=O)/C=C/c2cc3c(s2)-c2ccc(Cl)cc2Sc2ccccc2-3)[C@H](C)[C@@H](O)[C@](C)(O)[C@@H](I)OC(=O)[C@H](C)[C@@H](O)[C@H](C)[C@@H](O)[C@](C)(O)C1. The van der Waals surface area contributed by atoms with E-state index >= 15 is 0 Å². The number of alkyl halides is 1. The number of aliphatic hydroxyl groups is 5. The lowest BCUT2D eigenvalue weighted by molar-refractivity contribution is -0.176. The Morgan fingerprint density at radius 2 is 1.73 bits per heavy atom. The molecular weight excluding hydrogens is 875 g/mol. The number of nitrogens with zero attached hydrogens (tertiary/aromatic N) is 1. The first-order valence-electron chi connectivity index (χ1n) is 18.6. The van der Waals surface area contributed by atoms with Gasteiger partial charge in [0.2, 0.25) is 5.91 Å². The smallest absolute Gasteiger partial charge is 0.312 e. The van der Waals surface area contributed by atoms with Gasteiger partial charge in [-0.05, 0) is 105 Å². The van der Waals surface area contributed by atoms with Gasteiger partial charge >= 0.3 is 5.97 Å². The topological polar surface area (TPSA) is 160 Å². The number of rotatable bonds is 6. The van der Waals surface area contributed by atoms with E-state index in [2.05, 4.69) is 23.5 Å². The van der Waals surface area contributed by atoms with Crippen molar-refractivity contribution in [2.24, 2.45) is 17.8 Å². The zero-order chi connectivity index (χ0) is 40.4. The van der Waals surface area contributed by atoms with E-state index < -0.39 is 57.5 Å². The van der Waals surface area contributed by atoms with E-state index in [9.17, 15) is 35.1 Å². The van der Waals surface area contributed by atoms with E-state index in [-0.39, 0.29) is 18.2 Å². The number of benzene rings is 2. The Kier molecular flexibility index (Phi) is 14.6. The first kappa shape index (κ1) is 44.1. The summed E-state index contributed by atoms with van der Waals surface area (Å²) in [5.74, 6) is -3.19. The third kappa shape index (κ3) is 10.2. The molecule has 0 aliphatic carbocycles. The van der Waals surface area contributed by atoms with Crippen LogP contribution in [0.1, 0.15) is 59.3 Å². The highest BCUT2D eigenvalue weighted by atomic mass is 127. The standard InChI is InChI=1S/C41H52ClIN2O8S2/c1-22-20-40(5,51)36(48)23(2)34(47)24(3)38(50)53-39(43)41(6,52)37(49)25(4)45(21-22)17-9-16-44-33(46)15-13-27-19-30-28-10-7-8-11-31(28)55-32-18-26(42)12-14-29(32)35(30)54-27/h7-8,10-15,18-19,22-25,34,36-37,39,47-49,51-52H,9,16-17,20-21H2,1-6H3,(H,44,46)/b15-13+/t22-,23+,24-,25-,34+,36-,37-,39+,40-,41+/m1/s1. The van der Waals surface area contributed by atoms with Crippen LogP contribution in [0, 0.1) is 17.8 Å². The average Bonchev–Trinajstić information content (AvgIpc) is 3.51. The molecule has 55 heavy (non-hydrogen) atoms. The lowest BCUT2D eigenvalue weighted by atomic mass is 9.78. The van der Waals surface area contributed by atoms with Gasteiger partial charge < -0.3 is 35.6 Å². The summed E-state index contributed by atoms with van der Waals surface area (Å²) in [6.45, 7) is 10.8. The van der Waals surface area contributed by atoms with Crippen LogP contribution in [0.3, 0.4) is 0 Å². The van der Waals surface area contributed by atoms with Gasteiger partial charge in [-0.1, -0.05) is 61.5 Å².